The first-order chi connectivity index (χ1) is 13.4. The average Bonchev–Trinajstić information content (AvgIpc) is 3.35. The minimum atomic E-state index is -3.24. The molecule has 0 aliphatic rings. The van der Waals surface area contributed by atoms with E-state index >= 15 is 0 Å². The maximum Gasteiger partial charge on any atom is 0.175 e. The Balaban J connectivity index is 1.94. The predicted octanol–water partition coefficient (Wildman–Crippen LogP) is 2.67. The van der Waals surface area contributed by atoms with Crippen LogP contribution in [0.1, 0.15) is 6.92 Å². The van der Waals surface area contributed by atoms with Crippen molar-refractivity contribution in [1.29, 1.82) is 0 Å². The Hall–Kier alpha value is -3.20. The molecule has 8 nitrogen and oxygen atoms in total. The number of fused-ring (bicyclic) bond motifs is 1. The second-order valence-electron chi connectivity index (χ2n) is 6.57. The molecule has 0 fully saturated rings. The van der Waals surface area contributed by atoms with Gasteiger partial charge in [0.1, 0.15) is 5.82 Å². The van der Waals surface area contributed by atoms with E-state index in [1.807, 2.05) is 36.2 Å². The lowest BCUT2D eigenvalue weighted by Gasteiger charge is -2.17. The number of H-pyrrole nitrogens is 1. The van der Waals surface area contributed by atoms with Crippen molar-refractivity contribution < 1.29 is 8.42 Å². The summed E-state index contributed by atoms with van der Waals surface area (Å²) in [5.41, 5.74) is 2.53. The van der Waals surface area contributed by atoms with Gasteiger partial charge in [-0.2, -0.15) is 14.9 Å². The lowest BCUT2D eigenvalue weighted by molar-refractivity contribution is 0.602. The fourth-order valence-electron chi connectivity index (χ4n) is 3.01. The zero-order valence-corrected chi connectivity index (χ0v) is 16.6. The van der Waals surface area contributed by atoms with Crippen molar-refractivity contribution in [1.82, 2.24) is 25.0 Å². The molecule has 144 valence electrons. The van der Waals surface area contributed by atoms with Crippen molar-refractivity contribution in [3.05, 3.63) is 48.8 Å². The number of aromatic nitrogens is 5. The molecule has 0 bridgehead atoms. The van der Waals surface area contributed by atoms with E-state index in [1.165, 1.54) is 6.26 Å². The second-order valence-corrected chi connectivity index (χ2v) is 8.59. The molecule has 28 heavy (non-hydrogen) atoms. The summed E-state index contributed by atoms with van der Waals surface area (Å²) in [6.45, 7) is 2.85. The molecular formula is C19H20N6O2S. The van der Waals surface area contributed by atoms with Crippen LogP contribution in [-0.4, -0.2) is 53.2 Å². The number of nitrogens with zero attached hydrogens (tertiary/aromatic N) is 5. The van der Waals surface area contributed by atoms with Crippen LogP contribution in [0.3, 0.4) is 0 Å². The third-order valence-corrected chi connectivity index (χ3v) is 5.83. The van der Waals surface area contributed by atoms with Crippen LogP contribution in [0.5, 0.6) is 0 Å². The van der Waals surface area contributed by atoms with Gasteiger partial charge >= 0.3 is 0 Å². The topological polar surface area (TPSA) is 96.8 Å². The fourth-order valence-corrected chi connectivity index (χ4v) is 3.64. The van der Waals surface area contributed by atoms with Gasteiger partial charge in [-0.3, -0.25) is 5.10 Å². The Morgan fingerprint density at radius 2 is 1.93 bits per heavy atom. The van der Waals surface area contributed by atoms with Crippen LogP contribution in [0.25, 0.3) is 28.0 Å². The summed E-state index contributed by atoms with van der Waals surface area (Å²) in [7, 11) is -1.27. The molecule has 1 N–H and O–H groups in total. The molecule has 0 aliphatic carbocycles. The number of anilines is 1. The van der Waals surface area contributed by atoms with Crippen molar-refractivity contribution in [3.63, 3.8) is 0 Å². The van der Waals surface area contributed by atoms with Crippen molar-refractivity contribution in [3.8, 4) is 16.9 Å². The number of hydrogen-bond acceptors (Lipinski definition) is 6. The quantitative estimate of drug-likeness (QED) is 0.557. The van der Waals surface area contributed by atoms with E-state index in [2.05, 4.69) is 22.2 Å². The summed E-state index contributed by atoms with van der Waals surface area (Å²) in [6.07, 6.45) is 4.63. The second kappa shape index (κ2) is 6.75. The lowest BCUT2D eigenvalue weighted by Crippen LogP contribution is -2.17. The zero-order valence-electron chi connectivity index (χ0n) is 15.8. The molecule has 4 aromatic rings. The van der Waals surface area contributed by atoms with E-state index in [9.17, 15) is 8.42 Å². The summed E-state index contributed by atoms with van der Waals surface area (Å²) in [5.74, 6) is 1.52. The largest absolute Gasteiger partial charge is 0.360 e. The van der Waals surface area contributed by atoms with E-state index in [1.54, 1.807) is 29.2 Å². The van der Waals surface area contributed by atoms with E-state index in [0.717, 1.165) is 34.7 Å². The predicted molar refractivity (Wildman–Crippen MR) is 109 cm³/mol. The molecule has 0 amide bonds. The smallest absolute Gasteiger partial charge is 0.175 e. The van der Waals surface area contributed by atoms with Crippen LogP contribution in [0.2, 0.25) is 0 Å². The van der Waals surface area contributed by atoms with Gasteiger partial charge < -0.3 is 4.90 Å². The highest BCUT2D eigenvalue weighted by Crippen LogP contribution is 2.32. The van der Waals surface area contributed by atoms with Crippen molar-refractivity contribution >= 4 is 26.7 Å². The highest BCUT2D eigenvalue weighted by atomic mass is 32.2. The van der Waals surface area contributed by atoms with Crippen LogP contribution in [0.4, 0.5) is 5.82 Å². The third-order valence-electron chi connectivity index (χ3n) is 4.70. The van der Waals surface area contributed by atoms with Crippen LogP contribution < -0.4 is 4.90 Å². The zero-order chi connectivity index (χ0) is 19.9. The number of nitrogens with one attached hydrogen (secondary N) is 1. The van der Waals surface area contributed by atoms with Crippen LogP contribution in [-0.2, 0) is 9.84 Å². The molecule has 1 aromatic carbocycles. The molecule has 0 spiro atoms. The Labute approximate surface area is 162 Å². The summed E-state index contributed by atoms with van der Waals surface area (Å²) < 4.78 is 25.3. The minimum absolute atomic E-state index is 0.292. The number of aromatic amines is 1. The first-order valence-electron chi connectivity index (χ1n) is 8.78. The molecule has 0 aliphatic heterocycles. The first kappa shape index (κ1) is 18.2. The summed E-state index contributed by atoms with van der Waals surface area (Å²) in [6, 6.07) is 10.7. The van der Waals surface area contributed by atoms with Gasteiger partial charge in [0.05, 0.1) is 17.3 Å². The molecule has 0 atom stereocenters. The van der Waals surface area contributed by atoms with Crippen LogP contribution >= 0.6 is 0 Å². The van der Waals surface area contributed by atoms with Crippen LogP contribution in [0, 0.1) is 0 Å². The van der Waals surface area contributed by atoms with E-state index in [4.69, 9.17) is 4.98 Å². The summed E-state index contributed by atoms with van der Waals surface area (Å²) >= 11 is 0. The third kappa shape index (κ3) is 3.13. The van der Waals surface area contributed by atoms with Crippen molar-refractivity contribution in [2.75, 3.05) is 24.7 Å². The van der Waals surface area contributed by atoms with Gasteiger partial charge in [0.15, 0.2) is 21.3 Å². The highest BCUT2D eigenvalue weighted by molar-refractivity contribution is 7.90. The van der Waals surface area contributed by atoms with E-state index < -0.39 is 9.84 Å². The minimum Gasteiger partial charge on any atom is -0.360 e. The Morgan fingerprint density at radius 1 is 1.18 bits per heavy atom. The molecule has 4 rings (SSSR count). The van der Waals surface area contributed by atoms with Gasteiger partial charge in [-0.05, 0) is 36.2 Å². The van der Waals surface area contributed by atoms with Gasteiger partial charge in [0.25, 0.3) is 0 Å². The number of sulfone groups is 1. The normalized spacial score (nSPS) is 11.8. The van der Waals surface area contributed by atoms with E-state index in [0.29, 0.717) is 10.5 Å². The number of benzene rings is 1. The highest BCUT2D eigenvalue weighted by Gasteiger charge is 2.16. The molecule has 3 aromatic heterocycles. The van der Waals surface area contributed by atoms with Gasteiger partial charge in [-0.25, -0.2) is 13.4 Å². The number of pyridine rings is 1. The standard InChI is InChI=1S/C19H20N6O2S/c1-4-24(2)18-11-15(13-5-7-14(8-6-13)28(3,26)27)16-12-21-25(19(16)22-18)17-9-10-20-23-17/h5-12H,4H2,1-3H3,(H,20,23). The Morgan fingerprint density at radius 3 is 2.54 bits per heavy atom. The van der Waals surface area contributed by atoms with Gasteiger partial charge in [0.2, 0.25) is 0 Å². The number of rotatable bonds is 5. The maximum absolute atomic E-state index is 11.8. The lowest BCUT2D eigenvalue weighted by atomic mass is 10.0. The maximum atomic E-state index is 11.8. The van der Waals surface area contributed by atoms with E-state index in [-0.39, 0.29) is 0 Å². The summed E-state index contributed by atoms with van der Waals surface area (Å²) in [5, 5.41) is 12.2. The van der Waals surface area contributed by atoms with Gasteiger partial charge in [-0.15, -0.1) is 0 Å². The van der Waals surface area contributed by atoms with Crippen molar-refractivity contribution in [2.45, 2.75) is 11.8 Å². The SMILES string of the molecule is CCN(C)c1cc(-c2ccc(S(C)(=O)=O)cc2)c2cnn(-c3ccn[nH]3)c2n1. The van der Waals surface area contributed by atoms with Gasteiger partial charge in [0, 0.05) is 31.3 Å². The Bertz CT molecular complexity index is 1230. The molecule has 0 radical (unpaired) electrons. The molecule has 0 unspecified atom stereocenters. The summed E-state index contributed by atoms with van der Waals surface area (Å²) in [4.78, 5) is 7.12. The molecular weight excluding hydrogens is 376 g/mol. The molecule has 9 heteroatoms. The molecule has 3 heterocycles. The first-order valence-corrected chi connectivity index (χ1v) is 10.7. The fraction of sp³-hybridized carbons (Fsp3) is 0.211. The number of hydrogen-bond donors (Lipinski definition) is 1. The molecule has 0 saturated carbocycles. The van der Waals surface area contributed by atoms with Crippen molar-refractivity contribution in [2.24, 2.45) is 0 Å². The average molecular weight is 396 g/mol. The molecule has 0 saturated heterocycles. The Kier molecular flexibility index (Phi) is 4.38. The van der Waals surface area contributed by atoms with Crippen LogP contribution in [0.15, 0.2) is 53.7 Å². The van der Waals surface area contributed by atoms with Gasteiger partial charge in [-0.1, -0.05) is 12.1 Å². The monoisotopic (exact) mass is 396 g/mol.